The Morgan fingerprint density at radius 3 is 3.00 bits per heavy atom. The van der Waals surface area contributed by atoms with Crippen molar-refractivity contribution < 1.29 is 4.79 Å². The average molecular weight is 140 g/mol. The lowest BCUT2D eigenvalue weighted by atomic mass is 10.1. The van der Waals surface area contributed by atoms with Gasteiger partial charge < -0.3 is 5.73 Å². The van der Waals surface area contributed by atoms with Gasteiger partial charge in [-0.1, -0.05) is 0 Å². The van der Waals surface area contributed by atoms with Crippen LogP contribution in [0.2, 0.25) is 0 Å². The summed E-state index contributed by atoms with van der Waals surface area (Å²) < 4.78 is 0. The standard InChI is InChI=1S/C7H12N2O/c8-5-1-3-9-4-2-6(10)7(5)9/h5,7H,1-4,8H2. The van der Waals surface area contributed by atoms with E-state index in [2.05, 4.69) is 4.90 Å². The number of nitrogens with zero attached hydrogens (tertiary/aromatic N) is 1. The highest BCUT2D eigenvalue weighted by Gasteiger charge is 2.40. The van der Waals surface area contributed by atoms with Crippen LogP contribution in [-0.2, 0) is 4.79 Å². The predicted molar refractivity (Wildman–Crippen MR) is 37.6 cm³/mol. The van der Waals surface area contributed by atoms with E-state index in [9.17, 15) is 4.79 Å². The predicted octanol–water partition coefficient (Wildman–Crippen LogP) is -0.639. The van der Waals surface area contributed by atoms with Crippen LogP contribution in [0.3, 0.4) is 0 Å². The Labute approximate surface area is 60.2 Å². The summed E-state index contributed by atoms with van der Waals surface area (Å²) in [5, 5.41) is 0. The summed E-state index contributed by atoms with van der Waals surface area (Å²) >= 11 is 0. The van der Waals surface area contributed by atoms with Crippen LogP contribution in [0, 0.1) is 0 Å². The first-order valence-corrected chi connectivity index (χ1v) is 3.81. The molecule has 0 aromatic heterocycles. The quantitative estimate of drug-likeness (QED) is 0.487. The molecular formula is C7H12N2O. The summed E-state index contributed by atoms with van der Waals surface area (Å²) in [4.78, 5) is 13.3. The third-order valence-corrected chi connectivity index (χ3v) is 2.52. The van der Waals surface area contributed by atoms with Gasteiger partial charge in [0.1, 0.15) is 0 Å². The summed E-state index contributed by atoms with van der Waals surface area (Å²) in [6.45, 7) is 1.97. The summed E-state index contributed by atoms with van der Waals surface area (Å²) in [5.41, 5.74) is 5.75. The first kappa shape index (κ1) is 6.31. The first-order valence-electron chi connectivity index (χ1n) is 3.81. The Kier molecular flexibility index (Phi) is 1.28. The topological polar surface area (TPSA) is 46.3 Å². The zero-order chi connectivity index (χ0) is 7.14. The van der Waals surface area contributed by atoms with Crippen molar-refractivity contribution >= 4 is 5.78 Å². The van der Waals surface area contributed by atoms with E-state index in [0.29, 0.717) is 5.78 Å². The average Bonchev–Trinajstić information content (AvgIpc) is 2.40. The van der Waals surface area contributed by atoms with Gasteiger partial charge in [-0.25, -0.2) is 0 Å². The van der Waals surface area contributed by atoms with E-state index in [1.54, 1.807) is 0 Å². The van der Waals surface area contributed by atoms with Crippen LogP contribution in [0.25, 0.3) is 0 Å². The van der Waals surface area contributed by atoms with Gasteiger partial charge in [0, 0.05) is 25.6 Å². The maximum absolute atomic E-state index is 11.1. The zero-order valence-electron chi connectivity index (χ0n) is 5.92. The Bertz CT molecular complexity index is 169. The summed E-state index contributed by atoms with van der Waals surface area (Å²) in [5.74, 6) is 0.352. The lowest BCUT2D eigenvalue weighted by Crippen LogP contribution is -2.39. The number of fused-ring (bicyclic) bond motifs is 1. The van der Waals surface area contributed by atoms with Crippen LogP contribution in [-0.4, -0.2) is 35.9 Å². The number of carbonyl (C=O) groups excluding carboxylic acids is 1. The highest BCUT2D eigenvalue weighted by atomic mass is 16.1. The third kappa shape index (κ3) is 0.707. The van der Waals surface area contributed by atoms with Crippen molar-refractivity contribution in [2.75, 3.05) is 13.1 Å². The highest BCUT2D eigenvalue weighted by Crippen LogP contribution is 2.23. The molecule has 0 aromatic carbocycles. The molecule has 2 fully saturated rings. The van der Waals surface area contributed by atoms with Crippen molar-refractivity contribution in [1.82, 2.24) is 4.90 Å². The van der Waals surface area contributed by atoms with Crippen LogP contribution in [0.15, 0.2) is 0 Å². The van der Waals surface area contributed by atoms with Gasteiger partial charge in [0.25, 0.3) is 0 Å². The lowest BCUT2D eigenvalue weighted by molar-refractivity contribution is -0.119. The monoisotopic (exact) mass is 140 g/mol. The van der Waals surface area contributed by atoms with Gasteiger partial charge in [-0.05, 0) is 6.42 Å². The molecule has 56 valence electrons. The second kappa shape index (κ2) is 2.04. The molecule has 2 atom stereocenters. The van der Waals surface area contributed by atoms with Crippen molar-refractivity contribution in [1.29, 1.82) is 0 Å². The van der Waals surface area contributed by atoms with E-state index in [1.165, 1.54) is 0 Å². The number of Topliss-reactive ketones (excluding diaryl/α,β-unsaturated/α-hetero) is 1. The molecule has 0 saturated carbocycles. The fraction of sp³-hybridized carbons (Fsp3) is 0.857. The molecular weight excluding hydrogens is 128 g/mol. The number of hydrogen-bond acceptors (Lipinski definition) is 3. The minimum atomic E-state index is 0.0833. The lowest BCUT2D eigenvalue weighted by Gasteiger charge is -2.14. The van der Waals surface area contributed by atoms with Crippen molar-refractivity contribution in [2.45, 2.75) is 24.9 Å². The third-order valence-electron chi connectivity index (χ3n) is 2.52. The molecule has 2 saturated heterocycles. The number of hydrogen-bond donors (Lipinski definition) is 1. The molecule has 0 aromatic rings. The molecule has 0 spiro atoms. The van der Waals surface area contributed by atoms with E-state index in [1.807, 2.05) is 0 Å². The Hall–Kier alpha value is -0.410. The number of nitrogens with two attached hydrogens (primary N) is 1. The molecule has 0 aliphatic carbocycles. The Morgan fingerprint density at radius 1 is 1.50 bits per heavy atom. The minimum Gasteiger partial charge on any atom is -0.326 e. The van der Waals surface area contributed by atoms with Gasteiger partial charge in [0.15, 0.2) is 5.78 Å². The molecule has 2 aliphatic heterocycles. The normalized spacial score (nSPS) is 40.7. The van der Waals surface area contributed by atoms with Crippen molar-refractivity contribution in [3.63, 3.8) is 0 Å². The maximum atomic E-state index is 11.1. The van der Waals surface area contributed by atoms with Gasteiger partial charge >= 0.3 is 0 Å². The van der Waals surface area contributed by atoms with Gasteiger partial charge in [-0.2, -0.15) is 0 Å². The molecule has 3 nitrogen and oxygen atoms in total. The van der Waals surface area contributed by atoms with Crippen LogP contribution in [0.1, 0.15) is 12.8 Å². The molecule has 3 heteroatoms. The van der Waals surface area contributed by atoms with E-state index < -0.39 is 0 Å². The molecule has 2 aliphatic rings. The second-order valence-corrected chi connectivity index (χ2v) is 3.15. The molecule has 10 heavy (non-hydrogen) atoms. The Morgan fingerprint density at radius 2 is 2.30 bits per heavy atom. The number of ketones is 1. The molecule has 2 rings (SSSR count). The first-order chi connectivity index (χ1) is 4.79. The molecule has 0 amide bonds. The van der Waals surface area contributed by atoms with Gasteiger partial charge in [-0.15, -0.1) is 0 Å². The Balaban J connectivity index is 2.19. The minimum absolute atomic E-state index is 0.0833. The zero-order valence-corrected chi connectivity index (χ0v) is 5.92. The van der Waals surface area contributed by atoms with E-state index in [4.69, 9.17) is 5.73 Å². The van der Waals surface area contributed by atoms with E-state index in [-0.39, 0.29) is 12.1 Å². The molecule has 0 bridgehead atoms. The second-order valence-electron chi connectivity index (χ2n) is 3.15. The van der Waals surface area contributed by atoms with Crippen LogP contribution in [0.5, 0.6) is 0 Å². The summed E-state index contributed by atoms with van der Waals surface area (Å²) in [6.07, 6.45) is 1.72. The van der Waals surface area contributed by atoms with E-state index in [0.717, 1.165) is 25.9 Å². The van der Waals surface area contributed by atoms with Crippen LogP contribution >= 0.6 is 0 Å². The van der Waals surface area contributed by atoms with Gasteiger partial charge in [0.05, 0.1) is 6.04 Å². The smallest absolute Gasteiger partial charge is 0.152 e. The fourth-order valence-corrected chi connectivity index (χ4v) is 1.98. The number of carbonyl (C=O) groups is 1. The van der Waals surface area contributed by atoms with Crippen LogP contribution in [0.4, 0.5) is 0 Å². The van der Waals surface area contributed by atoms with Crippen molar-refractivity contribution in [3.05, 3.63) is 0 Å². The van der Waals surface area contributed by atoms with Gasteiger partial charge in [-0.3, -0.25) is 9.69 Å². The largest absolute Gasteiger partial charge is 0.326 e. The summed E-state index contributed by atoms with van der Waals surface area (Å²) in [6, 6.07) is 0.204. The SMILES string of the molecule is NC1CCN2CCC(=O)C12. The van der Waals surface area contributed by atoms with Crippen LogP contribution < -0.4 is 5.73 Å². The molecule has 2 N–H and O–H groups in total. The fourth-order valence-electron chi connectivity index (χ4n) is 1.98. The molecule has 2 unspecified atom stereocenters. The summed E-state index contributed by atoms with van der Waals surface area (Å²) in [7, 11) is 0. The van der Waals surface area contributed by atoms with E-state index >= 15 is 0 Å². The maximum Gasteiger partial charge on any atom is 0.152 e. The molecule has 2 heterocycles. The van der Waals surface area contributed by atoms with Crippen molar-refractivity contribution in [2.24, 2.45) is 5.73 Å². The molecule has 0 radical (unpaired) electrons. The highest BCUT2D eigenvalue weighted by molar-refractivity contribution is 5.87. The van der Waals surface area contributed by atoms with Gasteiger partial charge in [0.2, 0.25) is 0 Å². The van der Waals surface area contributed by atoms with Crippen molar-refractivity contribution in [3.8, 4) is 0 Å². The number of rotatable bonds is 0.